The van der Waals surface area contributed by atoms with E-state index >= 15 is 0 Å². The van der Waals surface area contributed by atoms with Gasteiger partial charge in [-0.05, 0) is 25.9 Å². The second kappa shape index (κ2) is 9.57. The molecule has 0 bridgehead atoms. The summed E-state index contributed by atoms with van der Waals surface area (Å²) in [5.41, 5.74) is 0.663. The fourth-order valence-corrected chi connectivity index (χ4v) is 4.20. The minimum absolute atomic E-state index is 0. The van der Waals surface area contributed by atoms with Gasteiger partial charge in [-0.2, -0.15) is 0 Å². The normalized spacial score (nSPS) is 16.5. The number of nitrogens with zero attached hydrogens (tertiary/aromatic N) is 2. The van der Waals surface area contributed by atoms with Crippen molar-refractivity contribution in [3.05, 3.63) is 42.7 Å². The van der Waals surface area contributed by atoms with Crippen LogP contribution in [0.15, 0.2) is 47.6 Å². The molecule has 2 heterocycles. The molecule has 1 aliphatic heterocycles. The van der Waals surface area contributed by atoms with Gasteiger partial charge in [-0.15, -0.1) is 12.4 Å². The predicted octanol–water partition coefficient (Wildman–Crippen LogP) is 1.86. The number of rotatable bonds is 7. The molecule has 0 aliphatic carbocycles. The highest BCUT2D eigenvalue weighted by Crippen LogP contribution is 2.28. The molecule has 7 nitrogen and oxygen atoms in total. The maximum absolute atomic E-state index is 12.6. The average molecular weight is 413 g/mol. The van der Waals surface area contributed by atoms with Crippen LogP contribution in [-0.4, -0.2) is 51.7 Å². The third kappa shape index (κ3) is 5.46. The van der Waals surface area contributed by atoms with Gasteiger partial charge >= 0.3 is 0 Å². The summed E-state index contributed by atoms with van der Waals surface area (Å²) >= 11 is 0. The topological polar surface area (TPSA) is 93.2 Å². The van der Waals surface area contributed by atoms with Crippen LogP contribution in [0.25, 0.3) is 11.4 Å². The molecule has 1 fully saturated rings. The molecule has 0 saturated carbocycles. The molecule has 2 aromatic rings. The third-order valence-corrected chi connectivity index (χ3v) is 6.08. The molecule has 2 N–H and O–H groups in total. The van der Waals surface area contributed by atoms with Gasteiger partial charge in [0.2, 0.25) is 10.0 Å². The lowest BCUT2D eigenvalue weighted by atomic mass is 9.80. The van der Waals surface area contributed by atoms with E-state index in [-0.39, 0.29) is 22.7 Å². The first-order valence-electron chi connectivity index (χ1n) is 8.62. The number of piperidine rings is 1. The van der Waals surface area contributed by atoms with Crippen molar-refractivity contribution in [3.63, 3.8) is 0 Å². The summed E-state index contributed by atoms with van der Waals surface area (Å²) in [6.45, 7) is 2.59. The molecule has 3 rings (SSSR count). The quantitative estimate of drug-likeness (QED) is 0.721. The van der Waals surface area contributed by atoms with E-state index in [1.54, 1.807) is 7.11 Å². The number of halogens is 1. The van der Waals surface area contributed by atoms with Gasteiger partial charge in [-0.1, -0.05) is 30.3 Å². The van der Waals surface area contributed by atoms with E-state index in [0.29, 0.717) is 19.0 Å². The number of benzene rings is 1. The standard InChI is InChI=1S/C18H24N4O3S.ClH/c1-25-14-18(7-9-19-10-8-18)13-22-26(23,24)16-11-20-17(21-12-16)15-5-3-2-4-6-15;/h2-6,11-12,19,22H,7-10,13-14H2,1H3;1H. The zero-order valence-electron chi connectivity index (χ0n) is 15.2. The molecule has 0 radical (unpaired) electrons. The summed E-state index contributed by atoms with van der Waals surface area (Å²) in [5.74, 6) is 0.499. The van der Waals surface area contributed by atoms with E-state index in [4.69, 9.17) is 4.74 Å². The minimum Gasteiger partial charge on any atom is -0.384 e. The molecule has 0 unspecified atom stereocenters. The summed E-state index contributed by atoms with van der Waals surface area (Å²) in [4.78, 5) is 8.47. The molecular weight excluding hydrogens is 388 g/mol. The Bertz CT molecular complexity index is 805. The van der Waals surface area contributed by atoms with E-state index in [2.05, 4.69) is 20.0 Å². The Morgan fingerprint density at radius 2 is 1.78 bits per heavy atom. The highest BCUT2D eigenvalue weighted by molar-refractivity contribution is 7.89. The Morgan fingerprint density at radius 1 is 1.15 bits per heavy atom. The van der Waals surface area contributed by atoms with Crippen LogP contribution in [-0.2, 0) is 14.8 Å². The first-order chi connectivity index (χ1) is 12.5. The Labute approximate surface area is 166 Å². The van der Waals surface area contributed by atoms with Crippen LogP contribution in [0.5, 0.6) is 0 Å². The van der Waals surface area contributed by atoms with Crippen molar-refractivity contribution in [2.45, 2.75) is 17.7 Å². The van der Waals surface area contributed by atoms with Crippen molar-refractivity contribution in [1.29, 1.82) is 0 Å². The van der Waals surface area contributed by atoms with Crippen molar-refractivity contribution in [2.75, 3.05) is 33.4 Å². The van der Waals surface area contributed by atoms with Crippen molar-refractivity contribution in [3.8, 4) is 11.4 Å². The molecule has 1 aromatic carbocycles. The predicted molar refractivity (Wildman–Crippen MR) is 106 cm³/mol. The number of sulfonamides is 1. The molecule has 0 atom stereocenters. The monoisotopic (exact) mass is 412 g/mol. The van der Waals surface area contributed by atoms with Crippen molar-refractivity contribution < 1.29 is 13.2 Å². The molecule has 0 spiro atoms. The Balaban J connectivity index is 0.00000261. The van der Waals surface area contributed by atoms with Gasteiger partial charge in [-0.3, -0.25) is 0 Å². The molecule has 1 aliphatic rings. The number of hydrogen-bond acceptors (Lipinski definition) is 6. The number of hydrogen-bond donors (Lipinski definition) is 2. The van der Waals surface area contributed by atoms with Crippen molar-refractivity contribution >= 4 is 22.4 Å². The fraction of sp³-hybridized carbons (Fsp3) is 0.444. The van der Waals surface area contributed by atoms with Gasteiger partial charge < -0.3 is 10.1 Å². The number of nitrogens with one attached hydrogen (secondary N) is 2. The molecule has 0 amide bonds. The van der Waals surface area contributed by atoms with Gasteiger partial charge in [0.25, 0.3) is 0 Å². The van der Waals surface area contributed by atoms with Crippen LogP contribution >= 0.6 is 12.4 Å². The zero-order chi connectivity index (χ0) is 18.5. The second-order valence-electron chi connectivity index (χ2n) is 6.62. The van der Waals surface area contributed by atoms with Crippen LogP contribution < -0.4 is 10.0 Å². The molecule has 27 heavy (non-hydrogen) atoms. The number of methoxy groups -OCH3 is 1. The average Bonchev–Trinajstić information content (AvgIpc) is 2.68. The van der Waals surface area contributed by atoms with E-state index in [1.807, 2.05) is 30.3 Å². The van der Waals surface area contributed by atoms with Gasteiger partial charge in [0.1, 0.15) is 4.90 Å². The maximum atomic E-state index is 12.6. The lowest BCUT2D eigenvalue weighted by Gasteiger charge is -2.37. The highest BCUT2D eigenvalue weighted by atomic mass is 35.5. The molecule has 9 heteroatoms. The largest absolute Gasteiger partial charge is 0.384 e. The summed E-state index contributed by atoms with van der Waals surface area (Å²) in [5, 5.41) is 3.30. The zero-order valence-corrected chi connectivity index (χ0v) is 16.9. The van der Waals surface area contributed by atoms with Gasteiger partial charge in [0.15, 0.2) is 5.82 Å². The lowest BCUT2D eigenvalue weighted by molar-refractivity contribution is 0.0577. The van der Waals surface area contributed by atoms with Crippen LogP contribution in [0.4, 0.5) is 0 Å². The Hall–Kier alpha value is -1.58. The second-order valence-corrected chi connectivity index (χ2v) is 8.38. The first-order valence-corrected chi connectivity index (χ1v) is 10.1. The number of aromatic nitrogens is 2. The van der Waals surface area contributed by atoms with Gasteiger partial charge in [0, 0.05) is 24.6 Å². The van der Waals surface area contributed by atoms with E-state index in [9.17, 15) is 8.42 Å². The van der Waals surface area contributed by atoms with E-state index in [1.165, 1.54) is 12.4 Å². The fourth-order valence-electron chi connectivity index (χ4n) is 3.16. The summed E-state index contributed by atoms with van der Waals surface area (Å²) in [6.07, 6.45) is 4.44. The van der Waals surface area contributed by atoms with Crippen LogP contribution in [0.3, 0.4) is 0 Å². The van der Waals surface area contributed by atoms with Crippen molar-refractivity contribution in [1.82, 2.24) is 20.0 Å². The summed E-state index contributed by atoms with van der Waals surface area (Å²) in [7, 11) is -2.02. The van der Waals surface area contributed by atoms with Crippen LogP contribution in [0, 0.1) is 5.41 Å². The van der Waals surface area contributed by atoms with Crippen LogP contribution in [0.2, 0.25) is 0 Å². The first kappa shape index (κ1) is 21.7. The molecule has 1 aromatic heterocycles. The third-order valence-electron chi connectivity index (χ3n) is 4.72. The van der Waals surface area contributed by atoms with Crippen LogP contribution in [0.1, 0.15) is 12.8 Å². The molecule has 148 valence electrons. The lowest BCUT2D eigenvalue weighted by Crippen LogP contribution is -2.47. The smallest absolute Gasteiger partial charge is 0.243 e. The molecule has 1 saturated heterocycles. The minimum atomic E-state index is -3.67. The number of ether oxygens (including phenoxy) is 1. The molecular formula is C18H25ClN4O3S. The van der Waals surface area contributed by atoms with Crippen molar-refractivity contribution in [2.24, 2.45) is 5.41 Å². The maximum Gasteiger partial charge on any atom is 0.243 e. The Kier molecular flexibility index (Phi) is 7.69. The highest BCUT2D eigenvalue weighted by Gasteiger charge is 2.33. The van der Waals surface area contributed by atoms with Gasteiger partial charge in [0.05, 0.1) is 19.0 Å². The SMILES string of the molecule is COCC1(CNS(=O)(=O)c2cnc(-c3ccccc3)nc2)CCNCC1.Cl. The summed E-state index contributed by atoms with van der Waals surface area (Å²) < 4.78 is 33.3. The summed E-state index contributed by atoms with van der Waals surface area (Å²) in [6, 6.07) is 9.45. The Morgan fingerprint density at radius 3 is 2.37 bits per heavy atom. The van der Waals surface area contributed by atoms with Gasteiger partial charge in [-0.25, -0.2) is 23.1 Å². The van der Waals surface area contributed by atoms with E-state index in [0.717, 1.165) is 31.5 Å². The van der Waals surface area contributed by atoms with E-state index < -0.39 is 10.0 Å².